The molecule has 1 aliphatic rings. The topological polar surface area (TPSA) is 58.6 Å². The normalized spacial score (nSPS) is 15.2. The molecule has 0 unspecified atom stereocenters. The van der Waals surface area contributed by atoms with Crippen molar-refractivity contribution >= 4 is 35.3 Å². The Morgan fingerprint density at radius 2 is 1.85 bits per heavy atom. The Labute approximate surface area is 195 Å². The van der Waals surface area contributed by atoms with Crippen LogP contribution in [-0.4, -0.2) is 37.6 Å². The van der Waals surface area contributed by atoms with Crippen molar-refractivity contribution in [3.63, 3.8) is 0 Å². The van der Waals surface area contributed by atoms with Gasteiger partial charge in [-0.25, -0.2) is 0 Å². The van der Waals surface area contributed by atoms with Crippen LogP contribution < -0.4 is 10.2 Å². The molecule has 0 fully saturated rings. The Balaban J connectivity index is 1.74. The molecule has 5 nitrogen and oxygen atoms in total. The molecule has 2 aromatic carbocycles. The highest BCUT2D eigenvalue weighted by Crippen LogP contribution is 2.42. The van der Waals surface area contributed by atoms with Crippen molar-refractivity contribution in [3.8, 4) is 0 Å². The molecule has 0 bridgehead atoms. The van der Waals surface area contributed by atoms with E-state index in [1.807, 2.05) is 26.0 Å². The van der Waals surface area contributed by atoms with E-state index in [9.17, 15) is 22.8 Å². The Morgan fingerprint density at radius 3 is 2.52 bits per heavy atom. The number of carbonyl (C=O) groups is 2. The van der Waals surface area contributed by atoms with Crippen LogP contribution >= 0.6 is 11.8 Å². The number of nitrogens with zero attached hydrogens (tertiary/aromatic N) is 1. The molecule has 0 spiro atoms. The van der Waals surface area contributed by atoms with Crippen LogP contribution in [0.2, 0.25) is 0 Å². The fraction of sp³-hybridized carbons (Fsp3) is 0.333. The molecular weight excluding hydrogens is 453 g/mol. The van der Waals surface area contributed by atoms with Gasteiger partial charge in [-0.2, -0.15) is 13.2 Å². The number of anilines is 1. The monoisotopic (exact) mass is 478 g/mol. The van der Waals surface area contributed by atoms with E-state index in [2.05, 4.69) is 5.32 Å². The third-order valence-electron chi connectivity index (χ3n) is 4.76. The van der Waals surface area contributed by atoms with E-state index in [1.165, 1.54) is 34.9 Å². The summed E-state index contributed by atoms with van der Waals surface area (Å²) >= 11 is 1.23. The highest BCUT2D eigenvalue weighted by Gasteiger charge is 2.31. The number of nitrogens with one attached hydrogen (secondary N) is 1. The van der Waals surface area contributed by atoms with E-state index in [0.29, 0.717) is 35.7 Å². The minimum absolute atomic E-state index is 0.121. The summed E-state index contributed by atoms with van der Waals surface area (Å²) in [6.07, 6.45) is -2.11. The first-order valence-corrected chi connectivity index (χ1v) is 11.3. The van der Waals surface area contributed by atoms with Gasteiger partial charge in [0.25, 0.3) is 5.91 Å². The maximum absolute atomic E-state index is 13.2. The van der Waals surface area contributed by atoms with E-state index in [4.69, 9.17) is 4.74 Å². The largest absolute Gasteiger partial charge is 0.416 e. The smallest absolute Gasteiger partial charge is 0.379 e. The van der Waals surface area contributed by atoms with Crippen LogP contribution in [0.3, 0.4) is 0 Å². The number of thioether (sulfide) groups is 1. The lowest BCUT2D eigenvalue weighted by Gasteiger charge is -2.29. The predicted molar refractivity (Wildman–Crippen MR) is 123 cm³/mol. The summed E-state index contributed by atoms with van der Waals surface area (Å²) < 4.78 is 43.9. The van der Waals surface area contributed by atoms with Crippen LogP contribution in [0.5, 0.6) is 0 Å². The number of hydrogen-bond acceptors (Lipinski definition) is 4. The molecule has 176 valence electrons. The number of halogens is 3. The summed E-state index contributed by atoms with van der Waals surface area (Å²) in [6.45, 7) is 4.67. The molecule has 0 atom stereocenters. The molecule has 0 aromatic heterocycles. The molecule has 0 aliphatic carbocycles. The summed E-state index contributed by atoms with van der Waals surface area (Å²) in [4.78, 5) is 28.1. The first kappa shape index (κ1) is 24.9. The summed E-state index contributed by atoms with van der Waals surface area (Å²) in [6, 6.07) is 11.8. The Morgan fingerprint density at radius 1 is 1.15 bits per heavy atom. The van der Waals surface area contributed by atoms with Crippen molar-refractivity contribution in [1.82, 2.24) is 5.32 Å². The van der Waals surface area contributed by atoms with Crippen molar-refractivity contribution in [1.29, 1.82) is 0 Å². The van der Waals surface area contributed by atoms with Crippen LogP contribution in [0.1, 0.15) is 31.4 Å². The second kappa shape index (κ2) is 10.9. The highest BCUT2D eigenvalue weighted by atomic mass is 32.2. The van der Waals surface area contributed by atoms with Gasteiger partial charge in [-0.3, -0.25) is 14.5 Å². The van der Waals surface area contributed by atoms with Crippen LogP contribution in [-0.2, 0) is 20.5 Å². The second-order valence-electron chi connectivity index (χ2n) is 7.71. The number of rotatable bonds is 8. The molecule has 9 heteroatoms. The van der Waals surface area contributed by atoms with Crippen molar-refractivity contribution in [3.05, 3.63) is 64.6 Å². The highest BCUT2D eigenvalue weighted by molar-refractivity contribution is 8.04. The number of benzene rings is 2. The number of carbonyl (C=O) groups excluding carboxylic acids is 2. The van der Waals surface area contributed by atoms with Crippen molar-refractivity contribution in [2.24, 2.45) is 0 Å². The minimum Gasteiger partial charge on any atom is -0.379 e. The standard InChI is InChI=1S/C24H25F3N2O3S/c1-16(2)32-13-5-12-28-22(30)15-29-19-6-3-4-7-20(19)33-21(23(29)31)14-17-8-10-18(11-9-17)24(25,26)27/h3-4,6-11,14,16H,5,12-13,15H2,1-2H3,(H,28,30)/b21-14+. The number of fused-ring (bicyclic) bond motifs is 1. The fourth-order valence-electron chi connectivity index (χ4n) is 3.16. The van der Waals surface area contributed by atoms with E-state index in [-0.39, 0.29) is 24.5 Å². The molecule has 2 aromatic rings. The number of amides is 2. The molecule has 3 rings (SSSR count). The van der Waals surface area contributed by atoms with E-state index in [1.54, 1.807) is 12.1 Å². The number of alkyl halides is 3. The minimum atomic E-state index is -4.43. The molecule has 1 aliphatic heterocycles. The molecule has 1 heterocycles. The summed E-state index contributed by atoms with van der Waals surface area (Å²) in [7, 11) is 0. The third-order valence-corrected chi connectivity index (χ3v) is 5.84. The maximum atomic E-state index is 13.2. The van der Waals surface area contributed by atoms with Crippen molar-refractivity contribution in [2.45, 2.75) is 37.4 Å². The van der Waals surface area contributed by atoms with Gasteiger partial charge in [-0.15, -0.1) is 0 Å². The lowest BCUT2D eigenvalue weighted by atomic mass is 10.1. The first-order valence-electron chi connectivity index (χ1n) is 10.5. The molecule has 0 saturated carbocycles. The van der Waals surface area contributed by atoms with Gasteiger partial charge < -0.3 is 10.1 Å². The third kappa shape index (κ3) is 6.85. The maximum Gasteiger partial charge on any atom is 0.416 e. The average molecular weight is 479 g/mol. The van der Waals surface area contributed by atoms with E-state index < -0.39 is 11.7 Å². The Hall–Kier alpha value is -2.78. The zero-order valence-corrected chi connectivity index (χ0v) is 19.1. The number of ether oxygens (including phenoxy) is 1. The van der Waals surface area contributed by atoms with Gasteiger partial charge in [-0.1, -0.05) is 36.0 Å². The van der Waals surface area contributed by atoms with Gasteiger partial charge in [0.2, 0.25) is 5.91 Å². The van der Waals surface area contributed by atoms with Gasteiger partial charge in [0.1, 0.15) is 6.54 Å². The fourth-order valence-corrected chi connectivity index (χ4v) is 4.22. The Bertz CT molecular complexity index is 1020. The number of para-hydroxylation sites is 1. The molecule has 0 radical (unpaired) electrons. The zero-order chi connectivity index (χ0) is 24.0. The van der Waals surface area contributed by atoms with Gasteiger partial charge in [0, 0.05) is 18.0 Å². The molecule has 2 amide bonds. The van der Waals surface area contributed by atoms with Crippen molar-refractivity contribution in [2.75, 3.05) is 24.6 Å². The lowest BCUT2D eigenvalue weighted by Crippen LogP contribution is -2.43. The van der Waals surface area contributed by atoms with Crippen molar-refractivity contribution < 1.29 is 27.5 Å². The van der Waals surface area contributed by atoms with E-state index in [0.717, 1.165) is 17.0 Å². The average Bonchev–Trinajstić information content (AvgIpc) is 2.76. The number of hydrogen-bond donors (Lipinski definition) is 1. The SMILES string of the molecule is CC(C)OCCCNC(=O)CN1C(=O)/C(=C\c2ccc(C(F)(F)F)cc2)Sc2ccccc21. The van der Waals surface area contributed by atoms with Gasteiger partial charge >= 0.3 is 6.18 Å². The quantitative estimate of drug-likeness (QED) is 0.423. The second-order valence-corrected chi connectivity index (χ2v) is 8.80. The van der Waals surface area contributed by atoms with Crippen LogP contribution in [0.15, 0.2) is 58.3 Å². The Kier molecular flexibility index (Phi) is 8.20. The molecular formula is C24H25F3N2O3S. The van der Waals surface area contributed by atoms with Crippen LogP contribution in [0, 0.1) is 0 Å². The van der Waals surface area contributed by atoms with Gasteiger partial charge in [-0.05, 0) is 56.2 Å². The summed E-state index contributed by atoms with van der Waals surface area (Å²) in [5.41, 5.74) is 0.331. The molecule has 0 saturated heterocycles. The van der Waals surface area contributed by atoms with Gasteiger partial charge in [0.05, 0.1) is 22.3 Å². The molecule has 1 N–H and O–H groups in total. The zero-order valence-electron chi connectivity index (χ0n) is 18.3. The predicted octanol–water partition coefficient (Wildman–Crippen LogP) is 5.12. The first-order chi connectivity index (χ1) is 15.6. The van der Waals surface area contributed by atoms with Crippen LogP contribution in [0.4, 0.5) is 18.9 Å². The van der Waals surface area contributed by atoms with Crippen LogP contribution in [0.25, 0.3) is 6.08 Å². The lowest BCUT2D eigenvalue weighted by molar-refractivity contribution is -0.137. The molecule has 33 heavy (non-hydrogen) atoms. The summed E-state index contributed by atoms with van der Waals surface area (Å²) in [5.74, 6) is -0.680. The van der Waals surface area contributed by atoms with Gasteiger partial charge in [0.15, 0.2) is 0 Å². The van der Waals surface area contributed by atoms with E-state index >= 15 is 0 Å². The summed E-state index contributed by atoms with van der Waals surface area (Å²) in [5, 5.41) is 2.79.